The van der Waals surface area contributed by atoms with Crippen LogP contribution in [-0.4, -0.2) is 43.7 Å². The number of ether oxygens (including phenoxy) is 1. The molecule has 3 rings (SSSR count). The minimum Gasteiger partial charge on any atom is -0.381 e. The van der Waals surface area contributed by atoms with E-state index in [4.69, 9.17) is 4.74 Å². The van der Waals surface area contributed by atoms with Crippen LogP contribution >= 0.6 is 0 Å². The molecule has 1 amide bonds. The smallest absolute Gasteiger partial charge is 0.234 e. The van der Waals surface area contributed by atoms with Crippen molar-refractivity contribution in [2.45, 2.75) is 51.7 Å². The molecule has 1 aromatic carbocycles. The Morgan fingerprint density at radius 3 is 2.92 bits per heavy atom. The summed E-state index contributed by atoms with van der Waals surface area (Å²) in [5.41, 5.74) is 2.70. The van der Waals surface area contributed by atoms with Crippen molar-refractivity contribution >= 4 is 5.91 Å². The Kier molecular flexibility index (Phi) is 5.57. The van der Waals surface area contributed by atoms with E-state index in [2.05, 4.69) is 29.3 Å². The maximum Gasteiger partial charge on any atom is 0.234 e. The second-order valence-electron chi connectivity index (χ2n) is 7.50. The molecule has 1 aromatic rings. The van der Waals surface area contributed by atoms with Crippen molar-refractivity contribution in [2.75, 3.05) is 26.7 Å². The molecule has 2 aliphatic rings. The summed E-state index contributed by atoms with van der Waals surface area (Å²) in [7, 11) is 1.84. The van der Waals surface area contributed by atoms with Gasteiger partial charge in [-0.15, -0.1) is 0 Å². The number of rotatable bonds is 5. The van der Waals surface area contributed by atoms with E-state index in [1.807, 2.05) is 19.2 Å². The van der Waals surface area contributed by atoms with Crippen molar-refractivity contribution in [3.05, 3.63) is 35.4 Å². The van der Waals surface area contributed by atoms with Gasteiger partial charge in [0.1, 0.15) is 0 Å². The maximum absolute atomic E-state index is 12.4. The molecule has 0 radical (unpaired) electrons. The SMILES string of the molecule is CO[C@@H]1CCC[C@]12CCCN(CC(=O)NCc1ccccc1C)C2. The molecule has 1 heterocycles. The van der Waals surface area contributed by atoms with E-state index in [0.29, 0.717) is 19.2 Å². The van der Waals surface area contributed by atoms with Gasteiger partial charge < -0.3 is 10.1 Å². The molecule has 1 N–H and O–H groups in total. The van der Waals surface area contributed by atoms with Crippen LogP contribution in [0, 0.1) is 12.3 Å². The molecular formula is C20H30N2O2. The van der Waals surface area contributed by atoms with Gasteiger partial charge in [0.25, 0.3) is 0 Å². The van der Waals surface area contributed by atoms with E-state index >= 15 is 0 Å². The number of carbonyl (C=O) groups excluding carboxylic acids is 1. The normalized spacial score (nSPS) is 27.5. The lowest BCUT2D eigenvalue weighted by atomic mass is 9.76. The van der Waals surface area contributed by atoms with Crippen molar-refractivity contribution in [2.24, 2.45) is 5.41 Å². The molecule has 1 spiro atoms. The summed E-state index contributed by atoms with van der Waals surface area (Å²) in [6.45, 7) is 5.23. The molecule has 2 fully saturated rings. The summed E-state index contributed by atoms with van der Waals surface area (Å²) in [4.78, 5) is 14.7. The standard InChI is InChI=1S/C20H30N2O2/c1-16-7-3-4-8-17(16)13-21-19(23)14-22-12-6-11-20(15-22)10-5-9-18(20)24-2/h3-4,7-8,18H,5-6,9-15H2,1-2H3,(H,21,23)/t18-,20-/m1/s1. The van der Waals surface area contributed by atoms with Gasteiger partial charge in [0.05, 0.1) is 12.6 Å². The predicted octanol–water partition coefficient (Wildman–Crippen LogP) is 2.89. The van der Waals surface area contributed by atoms with E-state index in [9.17, 15) is 4.79 Å². The summed E-state index contributed by atoms with van der Waals surface area (Å²) < 4.78 is 5.75. The molecule has 4 heteroatoms. The van der Waals surface area contributed by atoms with Crippen molar-refractivity contribution < 1.29 is 9.53 Å². The Hall–Kier alpha value is -1.39. The predicted molar refractivity (Wildman–Crippen MR) is 95.8 cm³/mol. The first kappa shape index (κ1) is 17.4. The summed E-state index contributed by atoms with van der Waals surface area (Å²) in [5, 5.41) is 3.08. The monoisotopic (exact) mass is 330 g/mol. The summed E-state index contributed by atoms with van der Waals surface area (Å²) in [6.07, 6.45) is 6.45. The van der Waals surface area contributed by atoms with E-state index in [0.717, 1.165) is 13.1 Å². The Bertz CT molecular complexity index is 575. The number of carbonyl (C=O) groups is 1. The van der Waals surface area contributed by atoms with Crippen molar-refractivity contribution in [1.29, 1.82) is 0 Å². The Balaban J connectivity index is 1.52. The summed E-state index contributed by atoms with van der Waals surface area (Å²) in [6, 6.07) is 8.21. The quantitative estimate of drug-likeness (QED) is 0.902. The summed E-state index contributed by atoms with van der Waals surface area (Å²) in [5.74, 6) is 0.127. The Morgan fingerprint density at radius 2 is 2.12 bits per heavy atom. The van der Waals surface area contributed by atoms with Crippen LogP contribution in [0.15, 0.2) is 24.3 Å². The number of nitrogens with zero attached hydrogens (tertiary/aromatic N) is 1. The molecule has 0 bridgehead atoms. The third-order valence-corrected chi connectivity index (χ3v) is 5.90. The number of hydrogen-bond acceptors (Lipinski definition) is 3. The number of benzene rings is 1. The number of piperidine rings is 1. The average molecular weight is 330 g/mol. The molecule has 1 aliphatic heterocycles. The third kappa shape index (κ3) is 3.81. The van der Waals surface area contributed by atoms with Gasteiger partial charge in [-0.25, -0.2) is 0 Å². The second-order valence-corrected chi connectivity index (χ2v) is 7.50. The molecule has 1 saturated heterocycles. The minimum atomic E-state index is 0.127. The lowest BCUT2D eigenvalue weighted by molar-refractivity contribution is -0.124. The maximum atomic E-state index is 12.4. The molecule has 0 aromatic heterocycles. The molecule has 24 heavy (non-hydrogen) atoms. The van der Waals surface area contributed by atoms with Gasteiger partial charge in [0.15, 0.2) is 0 Å². The fourth-order valence-corrected chi connectivity index (χ4v) is 4.60. The fourth-order valence-electron chi connectivity index (χ4n) is 4.60. The highest BCUT2D eigenvalue weighted by molar-refractivity contribution is 5.78. The summed E-state index contributed by atoms with van der Waals surface area (Å²) >= 11 is 0. The zero-order valence-corrected chi connectivity index (χ0v) is 15.0. The molecular weight excluding hydrogens is 300 g/mol. The fraction of sp³-hybridized carbons (Fsp3) is 0.650. The third-order valence-electron chi connectivity index (χ3n) is 5.90. The van der Waals surface area contributed by atoms with Gasteiger partial charge in [-0.05, 0) is 50.3 Å². The lowest BCUT2D eigenvalue weighted by Crippen LogP contribution is -2.50. The largest absolute Gasteiger partial charge is 0.381 e. The highest BCUT2D eigenvalue weighted by Gasteiger charge is 2.45. The first-order valence-electron chi connectivity index (χ1n) is 9.19. The highest BCUT2D eigenvalue weighted by Crippen LogP contribution is 2.46. The van der Waals surface area contributed by atoms with Crippen LogP contribution in [0.1, 0.15) is 43.2 Å². The van der Waals surface area contributed by atoms with Crippen LogP contribution in [0.4, 0.5) is 0 Å². The van der Waals surface area contributed by atoms with Crippen molar-refractivity contribution in [1.82, 2.24) is 10.2 Å². The molecule has 132 valence electrons. The van der Waals surface area contributed by atoms with Crippen LogP contribution in [0.5, 0.6) is 0 Å². The topological polar surface area (TPSA) is 41.6 Å². The Morgan fingerprint density at radius 1 is 1.33 bits per heavy atom. The van der Waals surface area contributed by atoms with Crippen molar-refractivity contribution in [3.63, 3.8) is 0 Å². The number of methoxy groups -OCH3 is 1. The zero-order valence-electron chi connectivity index (χ0n) is 15.0. The van der Waals surface area contributed by atoms with Crippen LogP contribution in [0.25, 0.3) is 0 Å². The number of amides is 1. The van der Waals surface area contributed by atoms with Crippen LogP contribution in [0.3, 0.4) is 0 Å². The first-order chi connectivity index (χ1) is 11.6. The van der Waals surface area contributed by atoms with Gasteiger partial charge in [-0.3, -0.25) is 9.69 Å². The second kappa shape index (κ2) is 7.66. The number of nitrogens with one attached hydrogen (secondary N) is 1. The van der Waals surface area contributed by atoms with Gasteiger partial charge in [-0.1, -0.05) is 30.7 Å². The highest BCUT2D eigenvalue weighted by atomic mass is 16.5. The number of aryl methyl sites for hydroxylation is 1. The molecule has 1 aliphatic carbocycles. The molecule has 0 unspecified atom stereocenters. The minimum absolute atomic E-state index is 0.127. The lowest BCUT2D eigenvalue weighted by Gasteiger charge is -2.43. The van der Waals surface area contributed by atoms with E-state index in [-0.39, 0.29) is 11.3 Å². The first-order valence-corrected chi connectivity index (χ1v) is 9.19. The van der Waals surface area contributed by atoms with Gasteiger partial charge >= 0.3 is 0 Å². The van der Waals surface area contributed by atoms with Gasteiger partial charge in [-0.2, -0.15) is 0 Å². The van der Waals surface area contributed by atoms with Crippen LogP contribution in [-0.2, 0) is 16.1 Å². The van der Waals surface area contributed by atoms with E-state index < -0.39 is 0 Å². The molecule has 1 saturated carbocycles. The Labute approximate surface area is 145 Å². The van der Waals surface area contributed by atoms with Crippen LogP contribution in [0.2, 0.25) is 0 Å². The van der Waals surface area contributed by atoms with E-state index in [1.54, 1.807) is 0 Å². The molecule has 4 nitrogen and oxygen atoms in total. The average Bonchev–Trinajstić information content (AvgIpc) is 2.96. The number of hydrogen-bond donors (Lipinski definition) is 1. The van der Waals surface area contributed by atoms with E-state index in [1.165, 1.54) is 43.2 Å². The number of likely N-dealkylation sites (tertiary alicyclic amines) is 1. The van der Waals surface area contributed by atoms with Gasteiger partial charge in [0.2, 0.25) is 5.91 Å². The molecule has 2 atom stereocenters. The van der Waals surface area contributed by atoms with Crippen LogP contribution < -0.4 is 5.32 Å². The zero-order chi connectivity index (χ0) is 17.0. The van der Waals surface area contributed by atoms with Crippen molar-refractivity contribution in [3.8, 4) is 0 Å². The van der Waals surface area contributed by atoms with Gasteiger partial charge in [0, 0.05) is 25.6 Å².